The normalized spacial score (nSPS) is 15.7. The number of thioether (sulfide) groups is 1. The van der Waals surface area contributed by atoms with Gasteiger partial charge in [0, 0.05) is 44.0 Å². The Balaban J connectivity index is 1.55. The van der Waals surface area contributed by atoms with E-state index in [1.165, 1.54) is 11.8 Å². The Kier molecular flexibility index (Phi) is 10.6. The van der Waals surface area contributed by atoms with E-state index in [0.29, 0.717) is 58.0 Å². The molecule has 1 aromatic heterocycles. The van der Waals surface area contributed by atoms with Crippen LogP contribution in [-0.4, -0.2) is 64.8 Å². The number of unbranched alkanes of at least 4 members (excludes halogenated alkanes) is 2. The highest BCUT2D eigenvalue weighted by molar-refractivity contribution is 7.99. The fourth-order valence-corrected chi connectivity index (χ4v) is 4.84. The predicted octanol–water partition coefficient (Wildman–Crippen LogP) is 5.58. The number of anilines is 2. The first-order valence-corrected chi connectivity index (χ1v) is 13.6. The zero-order valence-electron chi connectivity index (χ0n) is 19.7. The van der Waals surface area contributed by atoms with Crippen LogP contribution >= 0.6 is 46.6 Å². The molecule has 1 aliphatic rings. The molecule has 0 bridgehead atoms. The molecular weight excluding hydrogens is 531 g/mol. The number of halogens is 3. The van der Waals surface area contributed by atoms with Crippen LogP contribution in [0.3, 0.4) is 0 Å². The van der Waals surface area contributed by atoms with Gasteiger partial charge in [-0.1, -0.05) is 66.3 Å². The first kappa shape index (κ1) is 27.6. The number of benzene rings is 1. The highest BCUT2D eigenvalue weighted by Crippen LogP contribution is 2.27. The van der Waals surface area contributed by atoms with Gasteiger partial charge in [-0.2, -0.15) is 0 Å². The summed E-state index contributed by atoms with van der Waals surface area (Å²) in [5.74, 6) is 0.851. The average molecular weight is 560 g/mol. The van der Waals surface area contributed by atoms with E-state index < -0.39 is 0 Å². The Morgan fingerprint density at radius 2 is 1.91 bits per heavy atom. The first-order chi connectivity index (χ1) is 16.8. The minimum absolute atomic E-state index is 0.0496. The maximum absolute atomic E-state index is 12.8. The van der Waals surface area contributed by atoms with Crippen molar-refractivity contribution in [3.8, 4) is 0 Å². The molecule has 1 saturated heterocycles. The second-order valence-corrected chi connectivity index (χ2v) is 10.4. The summed E-state index contributed by atoms with van der Waals surface area (Å²) < 4.78 is 0. The van der Waals surface area contributed by atoms with Gasteiger partial charge in [-0.05, 0) is 31.5 Å². The van der Waals surface area contributed by atoms with Crippen molar-refractivity contribution in [1.29, 1.82) is 0 Å². The molecule has 0 aliphatic carbocycles. The molecule has 1 aliphatic heterocycles. The van der Waals surface area contributed by atoms with Crippen LogP contribution in [-0.2, 0) is 4.79 Å². The molecular formula is C23H29Cl3N6O2S. The van der Waals surface area contributed by atoms with Gasteiger partial charge in [0.15, 0.2) is 5.16 Å². The van der Waals surface area contributed by atoms with Crippen molar-refractivity contribution in [1.82, 2.24) is 20.2 Å². The Morgan fingerprint density at radius 1 is 1.11 bits per heavy atom. The second kappa shape index (κ2) is 13.4. The van der Waals surface area contributed by atoms with Crippen LogP contribution in [0.2, 0.25) is 15.2 Å². The fraction of sp³-hybridized carbons (Fsp3) is 0.478. The Labute approximate surface area is 225 Å². The lowest BCUT2D eigenvalue weighted by atomic mass is 10.2. The number of hydrogen-bond donors (Lipinski definition) is 2. The topological polar surface area (TPSA) is 90.5 Å². The molecule has 3 amide bonds. The van der Waals surface area contributed by atoms with Crippen LogP contribution in [0.25, 0.3) is 0 Å². The number of rotatable bonds is 9. The van der Waals surface area contributed by atoms with E-state index in [9.17, 15) is 9.59 Å². The fourth-order valence-electron chi connectivity index (χ4n) is 3.63. The maximum atomic E-state index is 12.8. The van der Waals surface area contributed by atoms with Gasteiger partial charge in [0.2, 0.25) is 5.91 Å². The summed E-state index contributed by atoms with van der Waals surface area (Å²) in [5.41, 5.74) is 0.581. The number of amides is 3. The minimum Gasteiger partial charge on any atom is -0.355 e. The SMILES string of the molecule is CCCCCNC(=O)CSc1nc(Cl)cc(N2CCN(C(=O)Nc3ccc(Cl)c(Cl)c3)C(C)C2)n1. The molecule has 2 heterocycles. The van der Waals surface area contributed by atoms with Crippen molar-refractivity contribution in [3.63, 3.8) is 0 Å². The van der Waals surface area contributed by atoms with E-state index in [4.69, 9.17) is 34.8 Å². The molecule has 0 saturated carbocycles. The van der Waals surface area contributed by atoms with Gasteiger partial charge in [-0.3, -0.25) is 4.79 Å². The quantitative estimate of drug-likeness (QED) is 0.180. The minimum atomic E-state index is -0.211. The molecule has 8 nitrogen and oxygen atoms in total. The Hall–Kier alpha value is -1.94. The molecule has 3 rings (SSSR count). The second-order valence-electron chi connectivity index (χ2n) is 8.22. The van der Waals surface area contributed by atoms with Gasteiger partial charge in [0.1, 0.15) is 11.0 Å². The number of nitrogens with one attached hydrogen (secondary N) is 2. The van der Waals surface area contributed by atoms with Crippen molar-refractivity contribution >= 4 is 70.0 Å². The van der Waals surface area contributed by atoms with Gasteiger partial charge in [-0.25, -0.2) is 14.8 Å². The number of carbonyl (C=O) groups is 2. The largest absolute Gasteiger partial charge is 0.355 e. The molecule has 190 valence electrons. The van der Waals surface area contributed by atoms with Crippen LogP contribution in [0.15, 0.2) is 29.4 Å². The van der Waals surface area contributed by atoms with Crippen LogP contribution < -0.4 is 15.5 Å². The van der Waals surface area contributed by atoms with E-state index in [1.54, 1.807) is 29.2 Å². The van der Waals surface area contributed by atoms with Gasteiger partial charge in [-0.15, -0.1) is 0 Å². The maximum Gasteiger partial charge on any atom is 0.322 e. The molecule has 1 fully saturated rings. The monoisotopic (exact) mass is 558 g/mol. The Bertz CT molecular complexity index is 1040. The Morgan fingerprint density at radius 3 is 2.63 bits per heavy atom. The van der Waals surface area contributed by atoms with E-state index in [-0.39, 0.29) is 23.7 Å². The molecule has 0 spiro atoms. The molecule has 12 heteroatoms. The standard InChI is InChI=1S/C23H29Cl3N6O2S/c1-3-4-5-8-27-21(33)14-35-22-29-19(26)12-20(30-22)31-9-10-32(15(2)13-31)23(34)28-16-6-7-17(24)18(25)11-16/h6-7,11-12,15H,3-5,8-10,13-14H2,1-2H3,(H,27,33)(H,28,34). The van der Waals surface area contributed by atoms with E-state index in [0.717, 1.165) is 19.3 Å². The molecule has 2 aromatic rings. The lowest BCUT2D eigenvalue weighted by molar-refractivity contribution is -0.118. The number of urea groups is 1. The van der Waals surface area contributed by atoms with E-state index in [1.807, 2.05) is 6.92 Å². The molecule has 2 N–H and O–H groups in total. The van der Waals surface area contributed by atoms with Crippen molar-refractivity contribution in [2.75, 3.05) is 42.1 Å². The summed E-state index contributed by atoms with van der Waals surface area (Å²) in [5, 5.41) is 7.35. The third-order valence-corrected chi connectivity index (χ3v) is 7.26. The lowest BCUT2D eigenvalue weighted by Crippen LogP contribution is -2.55. The van der Waals surface area contributed by atoms with Crippen LogP contribution in [0.5, 0.6) is 0 Å². The first-order valence-electron chi connectivity index (χ1n) is 11.5. The molecule has 1 aromatic carbocycles. The number of carbonyl (C=O) groups excluding carboxylic acids is 2. The number of nitrogens with zero attached hydrogens (tertiary/aromatic N) is 4. The van der Waals surface area contributed by atoms with E-state index >= 15 is 0 Å². The average Bonchev–Trinajstić information content (AvgIpc) is 2.82. The van der Waals surface area contributed by atoms with Gasteiger partial charge in [0.05, 0.1) is 15.8 Å². The van der Waals surface area contributed by atoms with Gasteiger partial charge < -0.3 is 20.4 Å². The summed E-state index contributed by atoms with van der Waals surface area (Å²) >= 11 is 19.5. The molecule has 1 atom stereocenters. The van der Waals surface area contributed by atoms with Crippen molar-refractivity contribution in [2.45, 2.75) is 44.3 Å². The smallest absolute Gasteiger partial charge is 0.322 e. The molecule has 1 unspecified atom stereocenters. The molecule has 0 radical (unpaired) electrons. The molecule has 35 heavy (non-hydrogen) atoms. The number of hydrogen-bond acceptors (Lipinski definition) is 6. The third kappa shape index (κ3) is 8.31. The van der Waals surface area contributed by atoms with Crippen LogP contribution in [0, 0.1) is 0 Å². The lowest BCUT2D eigenvalue weighted by Gasteiger charge is -2.40. The summed E-state index contributed by atoms with van der Waals surface area (Å²) in [7, 11) is 0. The van der Waals surface area contributed by atoms with Crippen molar-refractivity contribution in [2.24, 2.45) is 0 Å². The zero-order chi connectivity index (χ0) is 25.4. The zero-order valence-corrected chi connectivity index (χ0v) is 22.8. The summed E-state index contributed by atoms with van der Waals surface area (Å²) in [6.07, 6.45) is 3.18. The summed E-state index contributed by atoms with van der Waals surface area (Å²) in [6.45, 7) is 6.42. The highest BCUT2D eigenvalue weighted by Gasteiger charge is 2.28. The summed E-state index contributed by atoms with van der Waals surface area (Å²) in [4.78, 5) is 37.6. The van der Waals surface area contributed by atoms with Crippen LogP contribution in [0.4, 0.5) is 16.3 Å². The predicted molar refractivity (Wildman–Crippen MR) is 144 cm³/mol. The summed E-state index contributed by atoms with van der Waals surface area (Å²) in [6, 6.07) is 6.39. The number of aromatic nitrogens is 2. The third-order valence-electron chi connectivity index (χ3n) is 5.48. The van der Waals surface area contributed by atoms with Gasteiger partial charge >= 0.3 is 6.03 Å². The van der Waals surface area contributed by atoms with E-state index in [2.05, 4.69) is 32.4 Å². The van der Waals surface area contributed by atoms with Crippen molar-refractivity contribution in [3.05, 3.63) is 39.5 Å². The highest BCUT2D eigenvalue weighted by atomic mass is 35.5. The number of piperazine rings is 1. The van der Waals surface area contributed by atoms with Crippen LogP contribution in [0.1, 0.15) is 33.1 Å². The van der Waals surface area contributed by atoms with Crippen molar-refractivity contribution < 1.29 is 9.59 Å². The van der Waals surface area contributed by atoms with Gasteiger partial charge in [0.25, 0.3) is 0 Å².